The van der Waals surface area contributed by atoms with E-state index in [1.807, 2.05) is 6.92 Å². The largest absolute Gasteiger partial charge is 0.280 e. The SMILES string of the molecule is C[C@]1(C(=O)Cl)CCCC2=C1CCc1ccccc12. The number of aryl methyl sites for hydroxylation is 1. The first-order valence-corrected chi connectivity index (χ1v) is 7.01. The van der Waals surface area contributed by atoms with Crippen LogP contribution in [0.5, 0.6) is 0 Å². The summed E-state index contributed by atoms with van der Waals surface area (Å²) in [4.78, 5) is 11.8. The zero-order valence-electron chi connectivity index (χ0n) is 10.6. The maximum absolute atomic E-state index is 11.8. The highest BCUT2D eigenvalue weighted by Crippen LogP contribution is 2.50. The van der Waals surface area contributed by atoms with E-state index in [4.69, 9.17) is 11.6 Å². The Balaban J connectivity index is 2.18. The van der Waals surface area contributed by atoms with Crippen LogP contribution in [0.2, 0.25) is 0 Å². The molecule has 94 valence electrons. The zero-order chi connectivity index (χ0) is 12.8. The van der Waals surface area contributed by atoms with E-state index in [0.717, 1.165) is 32.1 Å². The molecule has 1 atom stereocenters. The van der Waals surface area contributed by atoms with Crippen LogP contribution in [0.25, 0.3) is 5.57 Å². The molecule has 0 heterocycles. The Hall–Kier alpha value is -1.08. The van der Waals surface area contributed by atoms with Crippen LogP contribution in [0.1, 0.15) is 43.7 Å². The molecule has 3 rings (SSSR count). The monoisotopic (exact) mass is 260 g/mol. The van der Waals surface area contributed by atoms with Crippen molar-refractivity contribution in [2.45, 2.75) is 39.0 Å². The zero-order valence-corrected chi connectivity index (χ0v) is 11.4. The first-order valence-electron chi connectivity index (χ1n) is 6.63. The molecule has 0 unspecified atom stereocenters. The van der Waals surface area contributed by atoms with Crippen LogP contribution in [-0.2, 0) is 11.2 Å². The van der Waals surface area contributed by atoms with Gasteiger partial charge in [-0.15, -0.1) is 0 Å². The van der Waals surface area contributed by atoms with Crippen LogP contribution < -0.4 is 0 Å². The Morgan fingerprint density at radius 2 is 2.00 bits per heavy atom. The van der Waals surface area contributed by atoms with Crippen molar-refractivity contribution in [1.29, 1.82) is 0 Å². The summed E-state index contributed by atoms with van der Waals surface area (Å²) in [6.07, 6.45) is 5.07. The minimum atomic E-state index is -0.428. The number of fused-ring (bicyclic) bond motifs is 2. The highest BCUT2D eigenvalue weighted by atomic mass is 35.5. The molecule has 0 fully saturated rings. The van der Waals surface area contributed by atoms with Crippen molar-refractivity contribution in [3.8, 4) is 0 Å². The molecule has 0 saturated heterocycles. The highest BCUT2D eigenvalue weighted by Gasteiger charge is 2.41. The third-order valence-electron chi connectivity index (χ3n) is 4.55. The molecule has 0 N–H and O–H groups in total. The second-order valence-corrected chi connectivity index (χ2v) is 5.92. The lowest BCUT2D eigenvalue weighted by atomic mass is 9.66. The lowest BCUT2D eigenvalue weighted by molar-refractivity contribution is -0.118. The number of allylic oxidation sites excluding steroid dienone is 2. The summed E-state index contributed by atoms with van der Waals surface area (Å²) in [7, 11) is 0. The average Bonchev–Trinajstić information content (AvgIpc) is 2.39. The van der Waals surface area contributed by atoms with Crippen molar-refractivity contribution in [1.82, 2.24) is 0 Å². The standard InChI is InChI=1S/C16H17ClO/c1-16(15(17)18)10-4-7-13-12-6-3-2-5-11(12)8-9-14(13)16/h2-3,5-6H,4,7-10H2,1H3/t16-/m0/s1. The quantitative estimate of drug-likeness (QED) is 0.687. The number of hydrogen-bond acceptors (Lipinski definition) is 1. The van der Waals surface area contributed by atoms with Gasteiger partial charge in [0, 0.05) is 0 Å². The Labute approximate surface area is 113 Å². The number of carbonyl (C=O) groups is 1. The van der Waals surface area contributed by atoms with Crippen LogP contribution in [-0.4, -0.2) is 5.24 Å². The molecule has 1 aromatic carbocycles. The van der Waals surface area contributed by atoms with Gasteiger partial charge < -0.3 is 0 Å². The van der Waals surface area contributed by atoms with Gasteiger partial charge in [-0.2, -0.15) is 0 Å². The van der Waals surface area contributed by atoms with Gasteiger partial charge in [0.15, 0.2) is 0 Å². The summed E-state index contributed by atoms with van der Waals surface area (Å²) < 4.78 is 0. The van der Waals surface area contributed by atoms with Crippen molar-refractivity contribution in [3.05, 3.63) is 41.0 Å². The predicted molar refractivity (Wildman–Crippen MR) is 74.5 cm³/mol. The number of rotatable bonds is 1. The molecule has 1 aromatic rings. The molecule has 0 aliphatic heterocycles. The number of carbonyl (C=O) groups excluding carboxylic acids is 1. The fraction of sp³-hybridized carbons (Fsp3) is 0.438. The third kappa shape index (κ3) is 1.65. The third-order valence-corrected chi connectivity index (χ3v) is 4.97. The van der Waals surface area contributed by atoms with E-state index in [-0.39, 0.29) is 5.24 Å². The fourth-order valence-electron chi connectivity index (χ4n) is 3.49. The summed E-state index contributed by atoms with van der Waals surface area (Å²) in [6, 6.07) is 8.57. The van der Waals surface area contributed by atoms with Crippen molar-refractivity contribution in [2.75, 3.05) is 0 Å². The second-order valence-electron chi connectivity index (χ2n) is 5.57. The van der Waals surface area contributed by atoms with Gasteiger partial charge in [0.05, 0.1) is 5.41 Å². The van der Waals surface area contributed by atoms with Crippen LogP contribution >= 0.6 is 11.6 Å². The van der Waals surface area contributed by atoms with E-state index in [2.05, 4.69) is 24.3 Å². The van der Waals surface area contributed by atoms with Gasteiger partial charge in [-0.05, 0) is 67.3 Å². The first kappa shape index (κ1) is 12.0. The van der Waals surface area contributed by atoms with Gasteiger partial charge in [0.1, 0.15) is 0 Å². The molecule has 2 aliphatic rings. The smallest absolute Gasteiger partial charge is 0.231 e. The predicted octanol–water partition coefficient (Wildman–Crippen LogP) is 4.34. The lowest BCUT2D eigenvalue weighted by Crippen LogP contribution is -2.32. The van der Waals surface area contributed by atoms with E-state index in [1.54, 1.807) is 0 Å². The molecule has 18 heavy (non-hydrogen) atoms. The number of halogens is 1. The van der Waals surface area contributed by atoms with E-state index in [1.165, 1.54) is 22.3 Å². The van der Waals surface area contributed by atoms with Gasteiger partial charge in [-0.1, -0.05) is 29.8 Å². The molecule has 0 bridgehead atoms. The van der Waals surface area contributed by atoms with Gasteiger partial charge in [-0.25, -0.2) is 0 Å². The number of benzene rings is 1. The van der Waals surface area contributed by atoms with Crippen molar-refractivity contribution >= 4 is 22.4 Å². The Kier molecular flexibility index (Phi) is 2.82. The normalized spacial score (nSPS) is 26.6. The molecule has 0 spiro atoms. The molecular formula is C16H17ClO. The average molecular weight is 261 g/mol. The summed E-state index contributed by atoms with van der Waals surface area (Å²) in [5.41, 5.74) is 5.03. The van der Waals surface area contributed by atoms with E-state index < -0.39 is 5.41 Å². The van der Waals surface area contributed by atoms with Gasteiger partial charge in [0.2, 0.25) is 5.24 Å². The van der Waals surface area contributed by atoms with Crippen LogP contribution in [0, 0.1) is 5.41 Å². The Morgan fingerprint density at radius 1 is 1.22 bits per heavy atom. The Bertz CT molecular complexity index is 544. The van der Waals surface area contributed by atoms with Crippen molar-refractivity contribution in [2.24, 2.45) is 5.41 Å². The molecule has 0 saturated carbocycles. The molecule has 0 radical (unpaired) electrons. The summed E-state index contributed by atoms with van der Waals surface area (Å²) in [6.45, 7) is 2.02. The molecule has 0 amide bonds. The van der Waals surface area contributed by atoms with Crippen LogP contribution in [0.3, 0.4) is 0 Å². The van der Waals surface area contributed by atoms with E-state index >= 15 is 0 Å². The maximum Gasteiger partial charge on any atom is 0.231 e. The molecule has 0 aromatic heterocycles. The van der Waals surface area contributed by atoms with E-state index in [9.17, 15) is 4.79 Å². The first-order chi connectivity index (χ1) is 8.63. The second kappa shape index (κ2) is 4.24. The Morgan fingerprint density at radius 3 is 2.78 bits per heavy atom. The minimum Gasteiger partial charge on any atom is -0.280 e. The number of hydrogen-bond donors (Lipinski definition) is 0. The van der Waals surface area contributed by atoms with Crippen molar-refractivity contribution in [3.63, 3.8) is 0 Å². The topological polar surface area (TPSA) is 17.1 Å². The fourth-order valence-corrected chi connectivity index (χ4v) is 3.70. The highest BCUT2D eigenvalue weighted by molar-refractivity contribution is 6.65. The van der Waals surface area contributed by atoms with Crippen molar-refractivity contribution < 1.29 is 4.79 Å². The molecule has 2 heteroatoms. The van der Waals surface area contributed by atoms with Gasteiger partial charge >= 0.3 is 0 Å². The summed E-state index contributed by atoms with van der Waals surface area (Å²) in [5, 5.41) is -0.186. The molecule has 2 aliphatic carbocycles. The minimum absolute atomic E-state index is 0.186. The summed E-state index contributed by atoms with van der Waals surface area (Å²) in [5.74, 6) is 0. The molecular weight excluding hydrogens is 244 g/mol. The van der Waals surface area contributed by atoms with Crippen LogP contribution in [0.4, 0.5) is 0 Å². The van der Waals surface area contributed by atoms with Gasteiger partial charge in [0.25, 0.3) is 0 Å². The van der Waals surface area contributed by atoms with Gasteiger partial charge in [-0.3, -0.25) is 4.79 Å². The summed E-state index contributed by atoms with van der Waals surface area (Å²) >= 11 is 5.87. The lowest BCUT2D eigenvalue weighted by Gasteiger charge is -2.38. The maximum atomic E-state index is 11.8. The van der Waals surface area contributed by atoms with Crippen LogP contribution in [0.15, 0.2) is 29.8 Å². The van der Waals surface area contributed by atoms with E-state index in [0.29, 0.717) is 0 Å². The molecule has 1 nitrogen and oxygen atoms in total.